The molecule has 0 spiro atoms. The second-order valence-corrected chi connectivity index (χ2v) is 11.0. The topological polar surface area (TPSA) is 64.4 Å². The summed E-state index contributed by atoms with van der Waals surface area (Å²) >= 11 is 6.58. The molecule has 0 aliphatic rings. The highest BCUT2D eigenvalue weighted by molar-refractivity contribution is 7.90. The Balaban J connectivity index is 1.56. The van der Waals surface area contributed by atoms with E-state index in [-0.39, 0.29) is 4.90 Å². The molecule has 0 unspecified atom stereocenters. The molecule has 0 bridgehead atoms. The number of ether oxygens (including phenoxy) is 1. The van der Waals surface area contributed by atoms with Crippen LogP contribution in [0.2, 0.25) is 5.02 Å². The van der Waals surface area contributed by atoms with Crippen LogP contribution in [0, 0.1) is 0 Å². The minimum absolute atomic E-state index is 0.191. The highest BCUT2D eigenvalue weighted by Crippen LogP contribution is 2.37. The summed E-state index contributed by atoms with van der Waals surface area (Å²) in [5.41, 5.74) is 2.76. The predicted octanol–water partition coefficient (Wildman–Crippen LogP) is 6.08. The van der Waals surface area contributed by atoms with Gasteiger partial charge in [-0.25, -0.2) is 17.4 Å². The van der Waals surface area contributed by atoms with E-state index < -0.39 is 10.0 Å². The summed E-state index contributed by atoms with van der Waals surface area (Å²) in [7, 11) is 0.201. The number of hydrogen-bond acceptors (Lipinski definition) is 5. The number of benzene rings is 3. The molecule has 3 aromatic carbocycles. The number of hydrogen-bond donors (Lipinski definition) is 0. The third-order valence-corrected chi connectivity index (χ3v) is 8.08. The molecule has 0 aliphatic heterocycles. The number of aromatic nitrogens is 2. The average molecular weight is 520 g/mol. The summed E-state index contributed by atoms with van der Waals surface area (Å²) in [4.78, 5) is 6.73. The third kappa shape index (κ3) is 4.57. The van der Waals surface area contributed by atoms with Gasteiger partial charge >= 0.3 is 0 Å². The van der Waals surface area contributed by atoms with Crippen molar-refractivity contribution in [3.63, 3.8) is 0 Å². The Labute approximate surface area is 215 Å². The van der Waals surface area contributed by atoms with E-state index in [0.717, 1.165) is 35.2 Å². The zero-order valence-electron chi connectivity index (χ0n) is 20.1. The van der Waals surface area contributed by atoms with Gasteiger partial charge in [0.2, 0.25) is 0 Å². The first kappa shape index (κ1) is 24.3. The molecule has 5 aromatic rings. The van der Waals surface area contributed by atoms with Gasteiger partial charge in [0.05, 0.1) is 22.0 Å². The summed E-state index contributed by atoms with van der Waals surface area (Å²) in [6.07, 6.45) is 2.48. The van der Waals surface area contributed by atoms with Gasteiger partial charge in [-0.2, -0.15) is 0 Å². The Hall–Kier alpha value is -3.39. The van der Waals surface area contributed by atoms with Crippen LogP contribution in [-0.2, 0) is 10.0 Å². The van der Waals surface area contributed by atoms with Gasteiger partial charge in [0.15, 0.2) is 5.65 Å². The van der Waals surface area contributed by atoms with E-state index in [0.29, 0.717) is 28.2 Å². The van der Waals surface area contributed by atoms with Crippen molar-refractivity contribution in [1.29, 1.82) is 0 Å². The van der Waals surface area contributed by atoms with E-state index in [9.17, 15) is 8.42 Å². The van der Waals surface area contributed by atoms with Gasteiger partial charge in [0, 0.05) is 23.5 Å². The largest absolute Gasteiger partial charge is 0.494 e. The molecule has 36 heavy (non-hydrogen) atoms. The van der Waals surface area contributed by atoms with E-state index in [1.54, 1.807) is 36.4 Å². The van der Waals surface area contributed by atoms with E-state index >= 15 is 0 Å². The van der Waals surface area contributed by atoms with Crippen LogP contribution < -0.4 is 4.74 Å². The van der Waals surface area contributed by atoms with Gasteiger partial charge in [0.1, 0.15) is 5.75 Å². The molecular formula is C28H26ClN3O3S. The molecule has 184 valence electrons. The maximum Gasteiger partial charge on any atom is 0.269 e. The Bertz CT molecular complexity index is 1630. The average Bonchev–Trinajstić information content (AvgIpc) is 3.23. The minimum atomic E-state index is -3.89. The van der Waals surface area contributed by atoms with Gasteiger partial charge in [0.25, 0.3) is 10.0 Å². The molecular weight excluding hydrogens is 494 g/mol. The van der Waals surface area contributed by atoms with Crippen LogP contribution in [0.5, 0.6) is 5.75 Å². The Morgan fingerprint density at radius 2 is 1.67 bits per heavy atom. The standard InChI is InChI=1S/C28H26ClN3O3S/c1-31(2)17-6-18-35-22-12-9-20(10-13-22)21-11-14-26-24(19-21)27-25(29)15-16-30-28(27)32(26)36(33,34)23-7-4-3-5-8-23/h3-5,7-16,19H,6,17-18H2,1-2H3. The highest BCUT2D eigenvalue weighted by atomic mass is 35.5. The summed E-state index contributed by atoms with van der Waals surface area (Å²) in [5.74, 6) is 0.816. The van der Waals surface area contributed by atoms with Crippen LogP contribution in [0.1, 0.15) is 6.42 Å². The molecule has 5 rings (SSSR count). The van der Waals surface area contributed by atoms with Gasteiger partial charge in [-0.3, -0.25) is 0 Å². The van der Waals surface area contributed by atoms with Crippen LogP contribution in [0.15, 0.2) is 90.0 Å². The molecule has 2 aromatic heterocycles. The van der Waals surface area contributed by atoms with Crippen molar-refractivity contribution >= 4 is 43.6 Å². The van der Waals surface area contributed by atoms with Crippen molar-refractivity contribution in [3.8, 4) is 16.9 Å². The van der Waals surface area contributed by atoms with Crippen LogP contribution >= 0.6 is 11.6 Å². The van der Waals surface area contributed by atoms with E-state index in [1.165, 1.54) is 10.2 Å². The third-order valence-electron chi connectivity index (χ3n) is 6.04. The number of pyridine rings is 1. The molecule has 0 saturated carbocycles. The number of fused-ring (bicyclic) bond motifs is 3. The summed E-state index contributed by atoms with van der Waals surface area (Å²) in [6, 6.07) is 23.6. The number of rotatable bonds is 8. The fraction of sp³-hybridized carbons (Fsp3) is 0.179. The van der Waals surface area contributed by atoms with Crippen molar-refractivity contribution < 1.29 is 13.2 Å². The van der Waals surface area contributed by atoms with E-state index in [2.05, 4.69) is 9.88 Å². The molecule has 8 heteroatoms. The predicted molar refractivity (Wildman–Crippen MR) is 145 cm³/mol. The fourth-order valence-corrected chi connectivity index (χ4v) is 6.03. The monoisotopic (exact) mass is 519 g/mol. The number of nitrogens with zero attached hydrogens (tertiary/aromatic N) is 3. The molecule has 0 atom stereocenters. The summed E-state index contributed by atoms with van der Waals surface area (Å²) in [5, 5.41) is 1.78. The van der Waals surface area contributed by atoms with E-state index in [4.69, 9.17) is 16.3 Å². The molecule has 0 amide bonds. The van der Waals surface area contributed by atoms with Gasteiger partial charge in [-0.15, -0.1) is 0 Å². The molecule has 2 heterocycles. The highest BCUT2D eigenvalue weighted by Gasteiger charge is 2.25. The Morgan fingerprint density at radius 3 is 2.39 bits per heavy atom. The van der Waals surface area contributed by atoms with Gasteiger partial charge in [-0.1, -0.05) is 48.0 Å². The normalized spacial score (nSPS) is 12.0. The fourth-order valence-electron chi connectivity index (χ4n) is 4.29. The van der Waals surface area contributed by atoms with Crippen LogP contribution in [-0.4, -0.2) is 49.5 Å². The quantitative estimate of drug-likeness (QED) is 0.232. The van der Waals surface area contributed by atoms with Crippen molar-refractivity contribution in [2.75, 3.05) is 27.2 Å². The Kier molecular flexibility index (Phi) is 6.71. The van der Waals surface area contributed by atoms with Crippen LogP contribution in [0.4, 0.5) is 0 Å². The lowest BCUT2D eigenvalue weighted by Crippen LogP contribution is -2.15. The molecule has 0 saturated heterocycles. The van der Waals surface area contributed by atoms with Crippen molar-refractivity contribution in [2.24, 2.45) is 0 Å². The molecule has 0 fully saturated rings. The maximum absolute atomic E-state index is 13.6. The van der Waals surface area contributed by atoms with Gasteiger partial charge in [-0.05, 0) is 74.1 Å². The molecule has 0 radical (unpaired) electrons. The molecule has 0 aliphatic carbocycles. The van der Waals surface area contributed by atoms with Crippen LogP contribution in [0.25, 0.3) is 33.1 Å². The SMILES string of the molecule is CN(C)CCCOc1ccc(-c2ccc3c(c2)c2c(Cl)ccnc2n3S(=O)(=O)c2ccccc2)cc1. The van der Waals surface area contributed by atoms with Gasteiger partial charge < -0.3 is 9.64 Å². The molecule has 0 N–H and O–H groups in total. The maximum atomic E-state index is 13.6. The second-order valence-electron chi connectivity index (χ2n) is 8.84. The van der Waals surface area contributed by atoms with Crippen molar-refractivity contribution in [2.45, 2.75) is 11.3 Å². The van der Waals surface area contributed by atoms with Crippen molar-refractivity contribution in [1.82, 2.24) is 13.9 Å². The first-order chi connectivity index (χ1) is 17.4. The lowest BCUT2D eigenvalue weighted by atomic mass is 10.0. The first-order valence-electron chi connectivity index (χ1n) is 11.6. The molecule has 6 nitrogen and oxygen atoms in total. The smallest absolute Gasteiger partial charge is 0.269 e. The summed E-state index contributed by atoms with van der Waals surface area (Å²) < 4.78 is 34.4. The second kappa shape index (κ2) is 9.93. The zero-order valence-corrected chi connectivity index (χ0v) is 21.6. The van der Waals surface area contributed by atoms with Crippen molar-refractivity contribution in [3.05, 3.63) is 90.1 Å². The minimum Gasteiger partial charge on any atom is -0.494 e. The van der Waals surface area contributed by atoms with E-state index in [1.807, 2.05) is 56.6 Å². The lowest BCUT2D eigenvalue weighted by molar-refractivity contribution is 0.281. The Morgan fingerprint density at radius 1 is 0.944 bits per heavy atom. The zero-order chi connectivity index (χ0) is 25.3. The number of halogens is 1. The van der Waals surface area contributed by atoms with Crippen LogP contribution in [0.3, 0.4) is 0 Å². The first-order valence-corrected chi connectivity index (χ1v) is 13.5. The lowest BCUT2D eigenvalue weighted by Gasteiger charge is -2.11. The summed E-state index contributed by atoms with van der Waals surface area (Å²) in [6.45, 7) is 1.63.